The highest BCUT2D eigenvalue weighted by Gasteiger charge is 2.25. The van der Waals surface area contributed by atoms with E-state index in [0.717, 1.165) is 42.8 Å². The van der Waals surface area contributed by atoms with Gasteiger partial charge in [0.1, 0.15) is 12.4 Å². The molecule has 3 heteroatoms. The predicted octanol–water partition coefficient (Wildman–Crippen LogP) is 2.52. The number of hydrogen-bond donors (Lipinski definition) is 1. The number of nitrogens with zero attached hydrogens (tertiary/aromatic N) is 1. The molecule has 1 aliphatic heterocycles. The van der Waals surface area contributed by atoms with E-state index in [1.165, 1.54) is 12.0 Å². The Labute approximate surface area is 127 Å². The summed E-state index contributed by atoms with van der Waals surface area (Å²) in [5.41, 5.74) is 2.10. The number of methoxy groups -OCH3 is 1. The molecule has 0 radical (unpaired) electrons. The summed E-state index contributed by atoms with van der Waals surface area (Å²) in [5.74, 6) is 8.12. The van der Waals surface area contributed by atoms with Crippen LogP contribution in [0.4, 0.5) is 0 Å². The third-order valence-corrected chi connectivity index (χ3v) is 4.24. The van der Waals surface area contributed by atoms with Crippen LogP contribution in [0.2, 0.25) is 0 Å². The van der Waals surface area contributed by atoms with E-state index in [2.05, 4.69) is 36.7 Å². The van der Waals surface area contributed by atoms with Gasteiger partial charge in [-0.2, -0.15) is 0 Å². The molecule has 0 aliphatic carbocycles. The third kappa shape index (κ3) is 4.23. The van der Waals surface area contributed by atoms with Crippen molar-refractivity contribution in [3.63, 3.8) is 0 Å². The second kappa shape index (κ2) is 7.49. The topological polar surface area (TPSA) is 32.7 Å². The normalized spacial score (nSPS) is 18.6. The van der Waals surface area contributed by atoms with Crippen LogP contribution in [0.5, 0.6) is 5.75 Å². The number of benzene rings is 1. The van der Waals surface area contributed by atoms with Gasteiger partial charge in [0.25, 0.3) is 0 Å². The highest BCUT2D eigenvalue weighted by Crippen LogP contribution is 2.27. The van der Waals surface area contributed by atoms with Gasteiger partial charge >= 0.3 is 0 Å². The number of hydrogen-bond acceptors (Lipinski definition) is 3. The number of aliphatic hydroxyl groups is 1. The van der Waals surface area contributed by atoms with Crippen LogP contribution in [0, 0.1) is 23.7 Å². The van der Waals surface area contributed by atoms with Crippen molar-refractivity contribution in [1.82, 2.24) is 4.90 Å². The molecule has 1 atom stereocenters. The Morgan fingerprint density at radius 3 is 2.86 bits per heavy atom. The molecule has 2 rings (SSSR count). The lowest BCUT2D eigenvalue weighted by molar-refractivity contribution is 0.291. The van der Waals surface area contributed by atoms with Gasteiger partial charge in [0, 0.05) is 24.2 Å². The van der Waals surface area contributed by atoms with Crippen molar-refractivity contribution < 1.29 is 9.84 Å². The number of rotatable bonds is 4. The van der Waals surface area contributed by atoms with Crippen LogP contribution in [0.3, 0.4) is 0 Å². The van der Waals surface area contributed by atoms with Crippen LogP contribution >= 0.6 is 0 Å². The summed E-state index contributed by atoms with van der Waals surface area (Å²) in [6.07, 6.45) is 1.28. The lowest BCUT2D eigenvalue weighted by Crippen LogP contribution is -2.21. The summed E-state index contributed by atoms with van der Waals surface area (Å²) < 4.78 is 5.47. The summed E-state index contributed by atoms with van der Waals surface area (Å²) in [6, 6.07) is 5.98. The van der Waals surface area contributed by atoms with Crippen molar-refractivity contribution in [3.8, 4) is 17.6 Å². The number of likely N-dealkylation sites (tertiary alicyclic amines) is 1. The van der Waals surface area contributed by atoms with E-state index in [1.807, 2.05) is 12.1 Å². The molecule has 0 amide bonds. The average molecular weight is 287 g/mol. The average Bonchev–Trinajstić information content (AvgIpc) is 2.94. The van der Waals surface area contributed by atoms with Gasteiger partial charge in [-0.1, -0.05) is 25.7 Å². The Bertz CT molecular complexity index is 528. The molecule has 1 aliphatic rings. The monoisotopic (exact) mass is 287 g/mol. The Morgan fingerprint density at radius 1 is 1.43 bits per heavy atom. The fraction of sp³-hybridized carbons (Fsp3) is 0.556. The molecule has 1 N–H and O–H groups in total. The fourth-order valence-corrected chi connectivity index (χ4v) is 2.91. The maximum absolute atomic E-state index is 8.80. The molecular formula is C18H25NO2. The predicted molar refractivity (Wildman–Crippen MR) is 85.2 cm³/mol. The van der Waals surface area contributed by atoms with Gasteiger partial charge in [-0.15, -0.1) is 0 Å². The second-order valence-electron chi connectivity index (χ2n) is 6.01. The van der Waals surface area contributed by atoms with Crippen LogP contribution < -0.4 is 4.74 Å². The standard InChI is InChI=1S/C18H25NO2/c1-14(2)16-8-9-19(12-16)13-17-11-15(5-4-10-20)6-7-18(17)21-3/h6-7,11,14,16,20H,8-10,12-13H2,1-3H3. The van der Waals surface area contributed by atoms with E-state index >= 15 is 0 Å². The van der Waals surface area contributed by atoms with E-state index in [-0.39, 0.29) is 6.61 Å². The van der Waals surface area contributed by atoms with Crippen LogP contribution in [0.25, 0.3) is 0 Å². The van der Waals surface area contributed by atoms with Gasteiger partial charge in [0.2, 0.25) is 0 Å². The lowest BCUT2D eigenvalue weighted by atomic mass is 9.95. The Balaban J connectivity index is 2.11. The molecule has 0 spiro atoms. The van der Waals surface area contributed by atoms with Gasteiger partial charge < -0.3 is 9.84 Å². The van der Waals surface area contributed by atoms with Crippen LogP contribution in [0.1, 0.15) is 31.4 Å². The summed E-state index contributed by atoms with van der Waals surface area (Å²) >= 11 is 0. The van der Waals surface area contributed by atoms with Crippen molar-refractivity contribution >= 4 is 0 Å². The zero-order chi connectivity index (χ0) is 15.2. The molecule has 0 aromatic heterocycles. The van der Waals surface area contributed by atoms with Gasteiger partial charge in [-0.05, 0) is 43.0 Å². The third-order valence-electron chi connectivity index (χ3n) is 4.24. The first-order valence-corrected chi connectivity index (χ1v) is 7.63. The molecule has 3 nitrogen and oxygen atoms in total. The molecule has 1 fully saturated rings. The molecular weight excluding hydrogens is 262 g/mol. The summed E-state index contributed by atoms with van der Waals surface area (Å²) in [6.45, 7) is 7.72. The van der Waals surface area contributed by atoms with Crippen LogP contribution in [0.15, 0.2) is 18.2 Å². The van der Waals surface area contributed by atoms with Gasteiger partial charge in [0.15, 0.2) is 0 Å². The summed E-state index contributed by atoms with van der Waals surface area (Å²) in [7, 11) is 1.71. The quantitative estimate of drug-likeness (QED) is 0.864. The molecule has 1 saturated heterocycles. The van der Waals surface area contributed by atoms with Crippen molar-refractivity contribution in [2.45, 2.75) is 26.8 Å². The Kier molecular flexibility index (Phi) is 5.67. The van der Waals surface area contributed by atoms with Crippen molar-refractivity contribution in [2.75, 3.05) is 26.8 Å². The van der Waals surface area contributed by atoms with Gasteiger partial charge in [-0.3, -0.25) is 4.90 Å². The molecule has 1 aromatic carbocycles. The van der Waals surface area contributed by atoms with E-state index in [9.17, 15) is 0 Å². The fourth-order valence-electron chi connectivity index (χ4n) is 2.91. The largest absolute Gasteiger partial charge is 0.496 e. The number of aliphatic hydroxyl groups excluding tert-OH is 1. The van der Waals surface area contributed by atoms with Crippen molar-refractivity contribution in [1.29, 1.82) is 0 Å². The van der Waals surface area contributed by atoms with E-state index in [4.69, 9.17) is 9.84 Å². The Hall–Kier alpha value is -1.50. The van der Waals surface area contributed by atoms with Crippen LogP contribution in [-0.2, 0) is 6.54 Å². The van der Waals surface area contributed by atoms with Crippen LogP contribution in [-0.4, -0.2) is 36.8 Å². The first-order valence-electron chi connectivity index (χ1n) is 7.63. The highest BCUT2D eigenvalue weighted by molar-refractivity contribution is 5.44. The van der Waals surface area contributed by atoms with E-state index < -0.39 is 0 Å². The van der Waals surface area contributed by atoms with E-state index in [0.29, 0.717) is 0 Å². The minimum Gasteiger partial charge on any atom is -0.496 e. The molecule has 21 heavy (non-hydrogen) atoms. The summed E-state index contributed by atoms with van der Waals surface area (Å²) in [5, 5.41) is 8.80. The zero-order valence-corrected chi connectivity index (χ0v) is 13.2. The molecule has 0 bridgehead atoms. The number of ether oxygens (including phenoxy) is 1. The molecule has 1 unspecified atom stereocenters. The molecule has 1 heterocycles. The molecule has 114 valence electrons. The van der Waals surface area contributed by atoms with Gasteiger partial charge in [0.05, 0.1) is 7.11 Å². The first kappa shape index (κ1) is 15.9. The molecule has 0 saturated carbocycles. The lowest BCUT2D eigenvalue weighted by Gasteiger charge is -2.19. The van der Waals surface area contributed by atoms with Gasteiger partial charge in [-0.25, -0.2) is 0 Å². The maximum atomic E-state index is 8.80. The van der Waals surface area contributed by atoms with Crippen molar-refractivity contribution in [3.05, 3.63) is 29.3 Å². The maximum Gasteiger partial charge on any atom is 0.123 e. The minimum absolute atomic E-state index is 0.108. The molecule has 1 aromatic rings. The second-order valence-corrected chi connectivity index (χ2v) is 6.01. The van der Waals surface area contributed by atoms with E-state index in [1.54, 1.807) is 7.11 Å². The highest BCUT2D eigenvalue weighted by atomic mass is 16.5. The SMILES string of the molecule is COc1ccc(C#CCO)cc1CN1CCC(C(C)C)C1. The van der Waals surface area contributed by atoms with Crippen molar-refractivity contribution in [2.24, 2.45) is 11.8 Å². The smallest absolute Gasteiger partial charge is 0.123 e. The minimum atomic E-state index is -0.108. The Morgan fingerprint density at radius 2 is 2.24 bits per heavy atom. The summed E-state index contributed by atoms with van der Waals surface area (Å²) in [4.78, 5) is 2.49. The zero-order valence-electron chi connectivity index (χ0n) is 13.2. The first-order chi connectivity index (χ1) is 10.1.